The van der Waals surface area contributed by atoms with Crippen LogP contribution in [0, 0.1) is 6.92 Å². The highest BCUT2D eigenvalue weighted by atomic mass is 16.5. The molecule has 0 saturated heterocycles. The first-order valence-electron chi connectivity index (χ1n) is 5.94. The molecule has 2 N–H and O–H groups in total. The molecule has 0 saturated carbocycles. The van der Waals surface area contributed by atoms with Crippen molar-refractivity contribution in [2.24, 2.45) is 0 Å². The maximum atomic E-state index is 5.21. The first-order valence-corrected chi connectivity index (χ1v) is 5.94. The van der Waals surface area contributed by atoms with Crippen molar-refractivity contribution in [2.45, 2.75) is 13.5 Å². The quantitative estimate of drug-likeness (QED) is 0.748. The summed E-state index contributed by atoms with van der Waals surface area (Å²) < 4.78 is 5.21. The van der Waals surface area contributed by atoms with Gasteiger partial charge in [-0.2, -0.15) is 4.98 Å². The SMILES string of the molecule is Cc1noc(-c2ccccc2NCc2cnc[nH]2)n1. The van der Waals surface area contributed by atoms with Gasteiger partial charge in [0.1, 0.15) is 0 Å². The number of H-pyrrole nitrogens is 1. The van der Waals surface area contributed by atoms with Crippen LogP contribution in [0.1, 0.15) is 11.5 Å². The normalized spacial score (nSPS) is 10.6. The van der Waals surface area contributed by atoms with Gasteiger partial charge in [0.15, 0.2) is 5.82 Å². The number of aromatic amines is 1. The number of hydrogen-bond acceptors (Lipinski definition) is 5. The molecule has 96 valence electrons. The molecule has 6 heteroatoms. The molecule has 0 atom stereocenters. The van der Waals surface area contributed by atoms with E-state index >= 15 is 0 Å². The molecule has 0 spiro atoms. The van der Waals surface area contributed by atoms with Crippen molar-refractivity contribution >= 4 is 5.69 Å². The number of anilines is 1. The number of aryl methyl sites for hydroxylation is 1. The zero-order chi connectivity index (χ0) is 13.1. The number of imidazole rings is 1. The van der Waals surface area contributed by atoms with E-state index in [1.54, 1.807) is 19.4 Å². The van der Waals surface area contributed by atoms with E-state index < -0.39 is 0 Å². The third kappa shape index (κ3) is 2.47. The Bertz CT molecular complexity index is 659. The molecule has 0 bridgehead atoms. The minimum absolute atomic E-state index is 0.519. The molecular weight excluding hydrogens is 242 g/mol. The molecule has 0 aliphatic rings. The number of benzene rings is 1. The molecular formula is C13H13N5O. The van der Waals surface area contributed by atoms with Gasteiger partial charge in [-0.1, -0.05) is 17.3 Å². The van der Waals surface area contributed by atoms with Gasteiger partial charge in [0.25, 0.3) is 5.89 Å². The molecule has 0 unspecified atom stereocenters. The predicted molar refractivity (Wildman–Crippen MR) is 70.4 cm³/mol. The largest absolute Gasteiger partial charge is 0.379 e. The molecule has 6 nitrogen and oxygen atoms in total. The van der Waals surface area contributed by atoms with Crippen LogP contribution in [0.4, 0.5) is 5.69 Å². The fourth-order valence-corrected chi connectivity index (χ4v) is 1.80. The average Bonchev–Trinajstić information content (AvgIpc) is 3.08. The van der Waals surface area contributed by atoms with E-state index in [4.69, 9.17) is 4.52 Å². The van der Waals surface area contributed by atoms with E-state index in [0.717, 1.165) is 16.9 Å². The summed E-state index contributed by atoms with van der Waals surface area (Å²) in [5.74, 6) is 1.14. The monoisotopic (exact) mass is 255 g/mol. The van der Waals surface area contributed by atoms with Crippen LogP contribution in [-0.4, -0.2) is 20.1 Å². The van der Waals surface area contributed by atoms with Crippen LogP contribution in [0.25, 0.3) is 11.5 Å². The van der Waals surface area contributed by atoms with E-state index in [1.807, 2.05) is 24.3 Å². The van der Waals surface area contributed by atoms with Crippen LogP contribution in [-0.2, 0) is 6.54 Å². The Balaban J connectivity index is 1.85. The molecule has 0 amide bonds. The maximum absolute atomic E-state index is 5.21. The number of para-hydroxylation sites is 1. The number of hydrogen-bond donors (Lipinski definition) is 2. The highest BCUT2D eigenvalue weighted by Crippen LogP contribution is 2.26. The van der Waals surface area contributed by atoms with Crippen molar-refractivity contribution in [1.82, 2.24) is 20.1 Å². The molecule has 3 rings (SSSR count). The van der Waals surface area contributed by atoms with Crippen LogP contribution in [0.2, 0.25) is 0 Å². The molecule has 0 aliphatic heterocycles. The van der Waals surface area contributed by atoms with E-state index in [-0.39, 0.29) is 0 Å². The van der Waals surface area contributed by atoms with E-state index in [9.17, 15) is 0 Å². The first-order chi connectivity index (χ1) is 9.33. The highest BCUT2D eigenvalue weighted by Gasteiger charge is 2.10. The number of rotatable bonds is 4. The van der Waals surface area contributed by atoms with Gasteiger partial charge < -0.3 is 14.8 Å². The second-order valence-electron chi connectivity index (χ2n) is 4.12. The van der Waals surface area contributed by atoms with Gasteiger partial charge in [0, 0.05) is 11.9 Å². The van der Waals surface area contributed by atoms with Crippen molar-refractivity contribution in [3.8, 4) is 11.5 Å². The van der Waals surface area contributed by atoms with Crippen LogP contribution < -0.4 is 5.32 Å². The Kier molecular flexibility index (Phi) is 2.97. The molecule has 2 aromatic heterocycles. The lowest BCUT2D eigenvalue weighted by molar-refractivity contribution is 0.426. The standard InChI is InChI=1S/C13H13N5O/c1-9-17-13(19-18-9)11-4-2-3-5-12(11)15-7-10-6-14-8-16-10/h2-6,8,15H,7H2,1H3,(H,14,16). The van der Waals surface area contributed by atoms with Crippen LogP contribution in [0.5, 0.6) is 0 Å². The summed E-state index contributed by atoms with van der Waals surface area (Å²) in [6.45, 7) is 2.46. The van der Waals surface area contributed by atoms with Gasteiger partial charge in [-0.3, -0.25) is 0 Å². The Hall–Kier alpha value is -2.63. The van der Waals surface area contributed by atoms with Gasteiger partial charge in [-0.05, 0) is 19.1 Å². The minimum atomic E-state index is 0.519. The number of nitrogens with zero attached hydrogens (tertiary/aromatic N) is 3. The molecule has 2 heterocycles. The summed E-state index contributed by atoms with van der Waals surface area (Å²) in [6, 6.07) is 7.83. The van der Waals surface area contributed by atoms with E-state index in [2.05, 4.69) is 25.4 Å². The molecule has 3 aromatic rings. The Labute approximate surface area is 109 Å². The summed E-state index contributed by atoms with van der Waals surface area (Å²) in [7, 11) is 0. The topological polar surface area (TPSA) is 79.6 Å². The van der Waals surface area contributed by atoms with Crippen LogP contribution >= 0.6 is 0 Å². The van der Waals surface area contributed by atoms with E-state index in [1.165, 1.54) is 0 Å². The smallest absolute Gasteiger partial charge is 0.260 e. The Morgan fingerprint density at radius 3 is 2.95 bits per heavy atom. The second kappa shape index (κ2) is 4.93. The van der Waals surface area contributed by atoms with Crippen molar-refractivity contribution in [3.05, 3.63) is 48.3 Å². The highest BCUT2D eigenvalue weighted by molar-refractivity contribution is 5.72. The third-order valence-corrected chi connectivity index (χ3v) is 2.71. The summed E-state index contributed by atoms with van der Waals surface area (Å²) in [6.07, 6.45) is 3.44. The van der Waals surface area contributed by atoms with Gasteiger partial charge in [0.2, 0.25) is 0 Å². The lowest BCUT2D eigenvalue weighted by Gasteiger charge is -2.08. The molecule has 1 aromatic carbocycles. The predicted octanol–water partition coefficient (Wildman–Crippen LogP) is 2.38. The zero-order valence-electron chi connectivity index (χ0n) is 10.4. The van der Waals surface area contributed by atoms with Crippen molar-refractivity contribution in [2.75, 3.05) is 5.32 Å². The summed E-state index contributed by atoms with van der Waals surface area (Å²) in [5.41, 5.74) is 2.85. The Morgan fingerprint density at radius 1 is 1.32 bits per heavy atom. The fraction of sp³-hybridized carbons (Fsp3) is 0.154. The third-order valence-electron chi connectivity index (χ3n) is 2.71. The fourth-order valence-electron chi connectivity index (χ4n) is 1.80. The molecule has 0 fully saturated rings. The summed E-state index contributed by atoms with van der Waals surface area (Å²) >= 11 is 0. The maximum Gasteiger partial charge on any atom is 0.260 e. The molecule has 0 radical (unpaired) electrons. The number of nitrogens with one attached hydrogen (secondary N) is 2. The van der Waals surface area contributed by atoms with Crippen molar-refractivity contribution in [3.63, 3.8) is 0 Å². The summed E-state index contributed by atoms with van der Waals surface area (Å²) in [4.78, 5) is 11.3. The molecule has 19 heavy (non-hydrogen) atoms. The average molecular weight is 255 g/mol. The molecule has 0 aliphatic carbocycles. The van der Waals surface area contributed by atoms with Crippen molar-refractivity contribution < 1.29 is 4.52 Å². The van der Waals surface area contributed by atoms with Gasteiger partial charge in [-0.15, -0.1) is 0 Å². The lowest BCUT2D eigenvalue weighted by atomic mass is 10.1. The number of aromatic nitrogens is 4. The Morgan fingerprint density at radius 2 is 2.21 bits per heavy atom. The van der Waals surface area contributed by atoms with Crippen molar-refractivity contribution in [1.29, 1.82) is 0 Å². The minimum Gasteiger partial charge on any atom is -0.379 e. The van der Waals surface area contributed by atoms with Gasteiger partial charge in [0.05, 0.1) is 24.1 Å². The van der Waals surface area contributed by atoms with E-state index in [0.29, 0.717) is 18.3 Å². The second-order valence-corrected chi connectivity index (χ2v) is 4.12. The first kappa shape index (κ1) is 11.5. The summed E-state index contributed by atoms with van der Waals surface area (Å²) in [5, 5.41) is 7.14. The van der Waals surface area contributed by atoms with Gasteiger partial charge >= 0.3 is 0 Å². The van der Waals surface area contributed by atoms with Crippen LogP contribution in [0.15, 0.2) is 41.3 Å². The van der Waals surface area contributed by atoms with Crippen LogP contribution in [0.3, 0.4) is 0 Å². The van der Waals surface area contributed by atoms with Gasteiger partial charge in [-0.25, -0.2) is 4.98 Å². The lowest BCUT2D eigenvalue weighted by Crippen LogP contribution is -2.01. The zero-order valence-corrected chi connectivity index (χ0v) is 10.4.